The average Bonchev–Trinajstić information content (AvgIpc) is 3.52. The zero-order valence-electron chi connectivity index (χ0n) is 26.9. The van der Waals surface area contributed by atoms with Gasteiger partial charge in [0, 0.05) is 58.3 Å². The van der Waals surface area contributed by atoms with Gasteiger partial charge in [-0.05, 0) is 58.6 Å². The number of hydrogen-bond donors (Lipinski definition) is 2. The number of nitrogens with zero attached hydrogens (tertiary/aromatic N) is 7. The number of aliphatic imine (C=N–C) groups is 1. The molecule has 0 bridgehead atoms. The standard InChI is InChI=1S/C35H34N8O6/c1-46-30-17-12-23(20-31(30)47-2)22-38-34(45)35(21-25-8-3-5-10-28(25)40-42-36)32(27-9-4-6-11-29(27)41-43-37)49-33(39-35)24-13-15-26(16-14-24)48-19-7-18-44/h3-6,8-17,20,32,44H,7,18-19,21-22H2,1-2H3,(H,38,45)/t32-,35-/m1/s1. The molecule has 0 aromatic heterocycles. The van der Waals surface area contributed by atoms with Crippen LogP contribution in [0.15, 0.2) is 106 Å². The summed E-state index contributed by atoms with van der Waals surface area (Å²) in [5.41, 5.74) is 19.9. The molecule has 2 N–H and O–H groups in total. The van der Waals surface area contributed by atoms with E-state index in [2.05, 4.69) is 25.4 Å². The molecule has 14 nitrogen and oxygen atoms in total. The fraction of sp³-hybridized carbons (Fsp3) is 0.257. The molecule has 250 valence electrons. The van der Waals surface area contributed by atoms with Gasteiger partial charge in [-0.3, -0.25) is 4.79 Å². The van der Waals surface area contributed by atoms with Gasteiger partial charge in [0.05, 0.1) is 20.8 Å². The lowest BCUT2D eigenvalue weighted by molar-refractivity contribution is -0.129. The van der Waals surface area contributed by atoms with Gasteiger partial charge < -0.3 is 29.4 Å². The Labute approximate surface area is 282 Å². The Bertz CT molecular complexity index is 1920. The van der Waals surface area contributed by atoms with Crippen LogP contribution in [-0.2, 0) is 22.5 Å². The number of hydrogen-bond acceptors (Lipinski definition) is 9. The molecule has 14 heteroatoms. The molecule has 4 aromatic rings. The Hall–Kier alpha value is -6.20. The lowest BCUT2D eigenvalue weighted by Gasteiger charge is -2.32. The van der Waals surface area contributed by atoms with Crippen molar-refractivity contribution in [1.82, 2.24) is 5.32 Å². The molecule has 49 heavy (non-hydrogen) atoms. The minimum atomic E-state index is -1.68. The van der Waals surface area contributed by atoms with E-state index in [4.69, 9.17) is 29.0 Å². The Morgan fingerprint density at radius 1 is 0.939 bits per heavy atom. The lowest BCUT2D eigenvalue weighted by Crippen LogP contribution is -2.49. The number of aliphatic hydroxyl groups excluding tert-OH is 1. The Kier molecular flexibility index (Phi) is 11.2. The monoisotopic (exact) mass is 662 g/mol. The second-order valence-corrected chi connectivity index (χ2v) is 10.9. The maximum atomic E-state index is 14.7. The Morgan fingerprint density at radius 3 is 2.35 bits per heavy atom. The zero-order chi connectivity index (χ0) is 34.6. The van der Waals surface area contributed by atoms with Crippen molar-refractivity contribution in [3.8, 4) is 17.2 Å². The Balaban J connectivity index is 1.63. The normalized spacial score (nSPS) is 16.3. The molecule has 1 amide bonds. The predicted octanol–water partition coefficient (Wildman–Crippen LogP) is 7.16. The predicted molar refractivity (Wildman–Crippen MR) is 182 cm³/mol. The molecule has 0 spiro atoms. The third-order valence-electron chi connectivity index (χ3n) is 7.91. The SMILES string of the molecule is COc1ccc(CNC(=O)[C@]2(Cc3ccccc3N=[N+]=[N-])N=C(c3ccc(OCCCO)cc3)O[C@@H]2c2ccccc2N=[N+]=[N-])cc1OC. The van der Waals surface area contributed by atoms with E-state index in [1.54, 1.807) is 92.0 Å². The highest BCUT2D eigenvalue weighted by Crippen LogP contribution is 2.46. The first-order chi connectivity index (χ1) is 24.0. The van der Waals surface area contributed by atoms with Crippen molar-refractivity contribution < 1.29 is 28.8 Å². The minimum Gasteiger partial charge on any atom is -0.494 e. The van der Waals surface area contributed by atoms with Crippen LogP contribution in [0, 0.1) is 0 Å². The highest BCUT2D eigenvalue weighted by Gasteiger charge is 2.54. The number of methoxy groups -OCH3 is 2. The van der Waals surface area contributed by atoms with Crippen molar-refractivity contribution in [1.29, 1.82) is 0 Å². The first-order valence-corrected chi connectivity index (χ1v) is 15.3. The average molecular weight is 663 g/mol. The summed E-state index contributed by atoms with van der Waals surface area (Å²) in [6, 6.07) is 26.1. The number of amides is 1. The fourth-order valence-corrected chi connectivity index (χ4v) is 5.53. The second-order valence-electron chi connectivity index (χ2n) is 10.9. The van der Waals surface area contributed by atoms with Crippen molar-refractivity contribution in [2.24, 2.45) is 15.2 Å². The van der Waals surface area contributed by atoms with E-state index >= 15 is 0 Å². The third-order valence-corrected chi connectivity index (χ3v) is 7.91. The maximum Gasteiger partial charge on any atom is 0.252 e. The van der Waals surface area contributed by atoms with Gasteiger partial charge in [-0.1, -0.05) is 64.8 Å². The van der Waals surface area contributed by atoms with Crippen LogP contribution in [0.3, 0.4) is 0 Å². The van der Waals surface area contributed by atoms with Crippen LogP contribution < -0.4 is 19.5 Å². The summed E-state index contributed by atoms with van der Waals surface area (Å²) in [6.45, 7) is 0.467. The van der Waals surface area contributed by atoms with Crippen LogP contribution in [-0.4, -0.2) is 49.9 Å². The first kappa shape index (κ1) is 34.1. The van der Waals surface area contributed by atoms with Crippen LogP contribution in [0.1, 0.15) is 34.8 Å². The van der Waals surface area contributed by atoms with Crippen molar-refractivity contribution in [2.75, 3.05) is 27.4 Å². The summed E-state index contributed by atoms with van der Waals surface area (Å²) in [5, 5.41) is 19.9. The number of azide groups is 2. The zero-order valence-corrected chi connectivity index (χ0v) is 26.9. The van der Waals surface area contributed by atoms with Crippen molar-refractivity contribution in [3.05, 3.63) is 134 Å². The molecule has 0 aliphatic carbocycles. The summed E-state index contributed by atoms with van der Waals surface area (Å²) >= 11 is 0. The number of rotatable bonds is 15. The van der Waals surface area contributed by atoms with Crippen molar-refractivity contribution in [3.63, 3.8) is 0 Å². The molecule has 0 radical (unpaired) electrons. The quantitative estimate of drug-likeness (QED) is 0.0586. The van der Waals surface area contributed by atoms with Crippen LogP contribution in [0.2, 0.25) is 0 Å². The van der Waals surface area contributed by atoms with Crippen LogP contribution in [0.5, 0.6) is 17.2 Å². The molecule has 0 saturated carbocycles. The molecule has 0 saturated heterocycles. The molecule has 0 fully saturated rings. The van der Waals surface area contributed by atoms with E-state index < -0.39 is 17.6 Å². The van der Waals surface area contributed by atoms with Crippen LogP contribution in [0.4, 0.5) is 11.4 Å². The van der Waals surface area contributed by atoms with Crippen molar-refractivity contribution in [2.45, 2.75) is 31.0 Å². The third kappa shape index (κ3) is 7.69. The van der Waals surface area contributed by atoms with E-state index in [0.717, 1.165) is 5.56 Å². The van der Waals surface area contributed by atoms with E-state index in [0.29, 0.717) is 52.7 Å². The minimum absolute atomic E-state index is 0.0143. The number of benzene rings is 4. The molecule has 5 rings (SSSR count). The Morgan fingerprint density at radius 2 is 1.63 bits per heavy atom. The number of nitrogens with one attached hydrogen (secondary N) is 1. The smallest absolute Gasteiger partial charge is 0.252 e. The molecule has 1 heterocycles. The number of ether oxygens (including phenoxy) is 4. The molecule has 0 unspecified atom stereocenters. The summed E-state index contributed by atoms with van der Waals surface area (Å²) in [7, 11) is 3.07. The van der Waals surface area contributed by atoms with E-state index in [1.165, 1.54) is 7.11 Å². The van der Waals surface area contributed by atoms with E-state index in [9.17, 15) is 15.9 Å². The fourth-order valence-electron chi connectivity index (χ4n) is 5.53. The summed E-state index contributed by atoms with van der Waals surface area (Å²) in [5.74, 6) is 1.31. The second kappa shape index (κ2) is 16.1. The molecular weight excluding hydrogens is 628 g/mol. The molecule has 1 aliphatic heterocycles. The van der Waals surface area contributed by atoms with Crippen molar-refractivity contribution >= 4 is 23.2 Å². The first-order valence-electron chi connectivity index (χ1n) is 15.3. The summed E-state index contributed by atoms with van der Waals surface area (Å²) in [6.07, 6.45) is -0.627. The number of aliphatic hydroxyl groups is 1. The van der Waals surface area contributed by atoms with Gasteiger partial charge in [0.1, 0.15) is 5.75 Å². The van der Waals surface area contributed by atoms with Gasteiger partial charge in [-0.2, -0.15) is 0 Å². The van der Waals surface area contributed by atoms with Gasteiger partial charge in [-0.25, -0.2) is 4.99 Å². The van der Waals surface area contributed by atoms with Gasteiger partial charge in [0.15, 0.2) is 23.1 Å². The topological polar surface area (TPSA) is 196 Å². The highest BCUT2D eigenvalue weighted by molar-refractivity contribution is 6.01. The number of carbonyl (C=O) groups is 1. The largest absolute Gasteiger partial charge is 0.494 e. The van der Waals surface area contributed by atoms with Crippen LogP contribution in [0.25, 0.3) is 20.9 Å². The molecular formula is C35H34N8O6. The lowest BCUT2D eigenvalue weighted by atomic mass is 9.81. The summed E-state index contributed by atoms with van der Waals surface area (Å²) < 4.78 is 23.1. The van der Waals surface area contributed by atoms with Gasteiger partial charge in [0.25, 0.3) is 5.91 Å². The van der Waals surface area contributed by atoms with Crippen LogP contribution >= 0.6 is 0 Å². The van der Waals surface area contributed by atoms with Gasteiger partial charge in [-0.15, -0.1) is 0 Å². The van der Waals surface area contributed by atoms with Gasteiger partial charge in [0.2, 0.25) is 5.90 Å². The maximum absolute atomic E-state index is 14.7. The molecule has 2 atom stereocenters. The number of carbonyl (C=O) groups excluding carboxylic acids is 1. The highest BCUT2D eigenvalue weighted by atomic mass is 16.5. The van der Waals surface area contributed by atoms with Gasteiger partial charge >= 0.3 is 0 Å². The molecule has 4 aromatic carbocycles. The summed E-state index contributed by atoms with van der Waals surface area (Å²) in [4.78, 5) is 25.7. The molecule has 1 aliphatic rings. The van der Waals surface area contributed by atoms with E-state index in [-0.39, 0.29) is 31.2 Å². The van der Waals surface area contributed by atoms with E-state index in [1.807, 2.05) is 6.07 Å².